The number of para-hydroxylation sites is 1. The number of fused-ring (bicyclic) bond motifs is 1. The van der Waals surface area contributed by atoms with Crippen LogP contribution in [0.15, 0.2) is 36.5 Å². The van der Waals surface area contributed by atoms with Crippen LogP contribution in [0.3, 0.4) is 0 Å². The Balaban J connectivity index is 1.49. The number of carbonyl (C=O) groups is 1. The molecule has 0 radical (unpaired) electrons. The molecule has 2 aliphatic rings. The molecule has 4 rings (SSSR count). The second-order valence-electron chi connectivity index (χ2n) is 7.53. The molecule has 132 valence electrons. The summed E-state index contributed by atoms with van der Waals surface area (Å²) in [5.41, 5.74) is 1.93. The van der Waals surface area contributed by atoms with Gasteiger partial charge in [-0.2, -0.15) is 0 Å². The number of aliphatic hydroxyl groups excluding tert-OH is 1. The van der Waals surface area contributed by atoms with E-state index < -0.39 is 0 Å². The zero-order valence-electron chi connectivity index (χ0n) is 14.6. The quantitative estimate of drug-likeness (QED) is 0.934. The monoisotopic (exact) mass is 338 g/mol. The zero-order valence-corrected chi connectivity index (χ0v) is 14.6. The molecule has 2 heterocycles. The fourth-order valence-electron chi connectivity index (χ4n) is 4.63. The van der Waals surface area contributed by atoms with Gasteiger partial charge in [-0.1, -0.05) is 31.0 Å². The molecule has 2 aromatic rings. The molecule has 1 saturated carbocycles. The normalized spacial score (nSPS) is 26.9. The van der Waals surface area contributed by atoms with Crippen molar-refractivity contribution in [1.82, 2.24) is 9.88 Å². The molecule has 4 heteroatoms. The maximum absolute atomic E-state index is 12.9. The Bertz CT molecular complexity index is 760. The van der Waals surface area contributed by atoms with E-state index in [1.54, 1.807) is 0 Å². The highest BCUT2D eigenvalue weighted by Crippen LogP contribution is 2.35. The van der Waals surface area contributed by atoms with Gasteiger partial charge in [0.25, 0.3) is 0 Å². The maximum Gasteiger partial charge on any atom is 0.227 e. The van der Waals surface area contributed by atoms with Crippen LogP contribution in [-0.4, -0.2) is 39.6 Å². The average molecular weight is 338 g/mol. The molecule has 1 aromatic heterocycles. The van der Waals surface area contributed by atoms with Crippen molar-refractivity contribution in [2.24, 2.45) is 5.92 Å². The summed E-state index contributed by atoms with van der Waals surface area (Å²) < 4.78 is 0. The topological polar surface area (TPSA) is 53.4 Å². The molecule has 1 aliphatic carbocycles. The Morgan fingerprint density at radius 3 is 2.88 bits per heavy atom. The van der Waals surface area contributed by atoms with E-state index >= 15 is 0 Å². The Morgan fingerprint density at radius 2 is 2.00 bits per heavy atom. The first-order valence-corrected chi connectivity index (χ1v) is 9.53. The highest BCUT2D eigenvalue weighted by Gasteiger charge is 2.38. The molecule has 3 atom stereocenters. The van der Waals surface area contributed by atoms with Gasteiger partial charge in [-0.25, -0.2) is 0 Å². The summed E-state index contributed by atoms with van der Waals surface area (Å²) in [4.78, 5) is 19.4. The summed E-state index contributed by atoms with van der Waals surface area (Å²) in [5.74, 6) is 0.437. The number of amides is 1. The van der Waals surface area contributed by atoms with Crippen molar-refractivity contribution in [3.8, 4) is 0 Å². The highest BCUT2D eigenvalue weighted by molar-refractivity contribution is 5.83. The van der Waals surface area contributed by atoms with Gasteiger partial charge in [0.2, 0.25) is 5.91 Å². The minimum absolute atomic E-state index is 0.178. The standard InChI is InChI=1S/C21H26N2O2/c24-20-10-4-2-7-17(20)19-9-5-11-23(19)21(25)13-15-12-16-6-1-3-8-18(16)22-14-15/h1,3,6,8,12,14,17,19-20,24H,2,4-5,7,9-11,13H2/t17-,19+,20-/m0/s1. The zero-order chi connectivity index (χ0) is 17.2. The van der Waals surface area contributed by atoms with Crippen LogP contribution >= 0.6 is 0 Å². The van der Waals surface area contributed by atoms with Crippen molar-refractivity contribution in [3.63, 3.8) is 0 Å². The van der Waals surface area contributed by atoms with Crippen LogP contribution < -0.4 is 0 Å². The van der Waals surface area contributed by atoms with Crippen molar-refractivity contribution in [2.75, 3.05) is 6.54 Å². The summed E-state index contributed by atoms with van der Waals surface area (Å²) in [6.45, 7) is 0.827. The Labute approximate surface area is 148 Å². The number of carbonyl (C=O) groups excluding carboxylic acids is 1. The molecule has 25 heavy (non-hydrogen) atoms. The Kier molecular flexibility index (Phi) is 4.71. The van der Waals surface area contributed by atoms with Crippen molar-refractivity contribution in [1.29, 1.82) is 0 Å². The van der Waals surface area contributed by atoms with E-state index in [1.165, 1.54) is 6.42 Å². The van der Waals surface area contributed by atoms with Gasteiger partial charge in [-0.3, -0.25) is 9.78 Å². The molecule has 0 bridgehead atoms. The lowest BCUT2D eigenvalue weighted by Crippen LogP contribution is -2.45. The molecular weight excluding hydrogens is 312 g/mol. The van der Waals surface area contributed by atoms with E-state index in [0.29, 0.717) is 6.42 Å². The predicted octanol–water partition coefficient (Wildman–Crippen LogP) is 3.32. The fraction of sp³-hybridized carbons (Fsp3) is 0.524. The van der Waals surface area contributed by atoms with Gasteiger partial charge in [0.1, 0.15) is 0 Å². The van der Waals surface area contributed by atoms with Crippen LogP contribution in [0.25, 0.3) is 10.9 Å². The lowest BCUT2D eigenvalue weighted by molar-refractivity contribution is -0.133. The van der Waals surface area contributed by atoms with E-state index in [9.17, 15) is 9.90 Å². The van der Waals surface area contributed by atoms with E-state index in [0.717, 1.165) is 55.1 Å². The minimum atomic E-state index is -0.241. The van der Waals surface area contributed by atoms with E-state index in [4.69, 9.17) is 0 Å². The second kappa shape index (κ2) is 7.12. The minimum Gasteiger partial charge on any atom is -0.393 e. The number of benzene rings is 1. The lowest BCUT2D eigenvalue weighted by Gasteiger charge is -2.37. The number of hydrogen-bond donors (Lipinski definition) is 1. The number of aromatic nitrogens is 1. The van der Waals surface area contributed by atoms with E-state index in [-0.39, 0.29) is 24.0 Å². The summed E-state index contributed by atoms with van der Waals surface area (Å²) >= 11 is 0. The van der Waals surface area contributed by atoms with Crippen molar-refractivity contribution in [3.05, 3.63) is 42.1 Å². The van der Waals surface area contributed by atoms with Crippen molar-refractivity contribution in [2.45, 2.75) is 57.1 Å². The lowest BCUT2D eigenvalue weighted by atomic mass is 9.80. The van der Waals surface area contributed by atoms with Gasteiger partial charge in [0.05, 0.1) is 18.0 Å². The first kappa shape index (κ1) is 16.5. The fourth-order valence-corrected chi connectivity index (χ4v) is 4.63. The number of aliphatic hydroxyl groups is 1. The molecule has 4 nitrogen and oxygen atoms in total. The smallest absolute Gasteiger partial charge is 0.227 e. The molecule has 1 N–H and O–H groups in total. The van der Waals surface area contributed by atoms with Crippen molar-refractivity contribution >= 4 is 16.8 Å². The van der Waals surface area contributed by atoms with Gasteiger partial charge in [-0.15, -0.1) is 0 Å². The van der Waals surface area contributed by atoms with Crippen LogP contribution in [0.2, 0.25) is 0 Å². The highest BCUT2D eigenvalue weighted by atomic mass is 16.3. The van der Waals surface area contributed by atoms with Gasteiger partial charge < -0.3 is 10.0 Å². The molecule has 0 unspecified atom stereocenters. The van der Waals surface area contributed by atoms with E-state index in [2.05, 4.69) is 11.1 Å². The second-order valence-corrected chi connectivity index (χ2v) is 7.53. The molecule has 2 fully saturated rings. The molecule has 1 amide bonds. The van der Waals surface area contributed by atoms with Crippen LogP contribution in [-0.2, 0) is 11.2 Å². The van der Waals surface area contributed by atoms with Crippen LogP contribution in [0.4, 0.5) is 0 Å². The Morgan fingerprint density at radius 1 is 1.16 bits per heavy atom. The summed E-state index contributed by atoms with van der Waals surface area (Å²) in [6, 6.07) is 10.3. The molecule has 1 aromatic carbocycles. The maximum atomic E-state index is 12.9. The summed E-state index contributed by atoms with van der Waals surface area (Å²) in [7, 11) is 0. The third kappa shape index (κ3) is 3.40. The van der Waals surface area contributed by atoms with Gasteiger partial charge in [0.15, 0.2) is 0 Å². The molecule has 1 saturated heterocycles. The van der Waals surface area contributed by atoms with Crippen LogP contribution in [0.1, 0.15) is 44.1 Å². The summed E-state index contributed by atoms with van der Waals surface area (Å²) in [6.07, 6.45) is 8.28. The SMILES string of the molecule is O=C(Cc1cnc2ccccc2c1)N1CCC[C@@H]1[C@@H]1CCCC[C@@H]1O. The number of hydrogen-bond acceptors (Lipinski definition) is 3. The molecule has 0 spiro atoms. The van der Waals surface area contributed by atoms with Gasteiger partial charge >= 0.3 is 0 Å². The predicted molar refractivity (Wildman–Crippen MR) is 98.1 cm³/mol. The van der Waals surface area contributed by atoms with Gasteiger partial charge in [0, 0.05) is 30.1 Å². The average Bonchev–Trinajstić information content (AvgIpc) is 3.11. The van der Waals surface area contributed by atoms with Crippen molar-refractivity contribution < 1.29 is 9.90 Å². The number of nitrogens with zero attached hydrogens (tertiary/aromatic N) is 2. The molecular formula is C21H26N2O2. The van der Waals surface area contributed by atoms with Crippen LogP contribution in [0, 0.1) is 5.92 Å². The largest absolute Gasteiger partial charge is 0.393 e. The first-order chi connectivity index (χ1) is 12.2. The first-order valence-electron chi connectivity index (χ1n) is 9.53. The van der Waals surface area contributed by atoms with Gasteiger partial charge in [-0.05, 0) is 43.4 Å². The molecule has 1 aliphatic heterocycles. The third-order valence-corrected chi connectivity index (χ3v) is 5.90. The van der Waals surface area contributed by atoms with E-state index in [1.807, 2.05) is 35.4 Å². The number of rotatable bonds is 3. The number of pyridine rings is 1. The Hall–Kier alpha value is -1.94. The summed E-state index contributed by atoms with van der Waals surface area (Å²) in [5, 5.41) is 11.5. The third-order valence-electron chi connectivity index (χ3n) is 5.90. The van der Waals surface area contributed by atoms with Crippen LogP contribution in [0.5, 0.6) is 0 Å². The number of likely N-dealkylation sites (tertiary alicyclic amines) is 1.